The molecule has 2 aromatic heterocycles. The highest BCUT2D eigenvalue weighted by molar-refractivity contribution is 7.10. The van der Waals surface area contributed by atoms with Gasteiger partial charge < -0.3 is 10.2 Å². The average molecular weight is 228 g/mol. The lowest BCUT2D eigenvalue weighted by molar-refractivity contribution is 0.564. The van der Waals surface area contributed by atoms with E-state index >= 15 is 0 Å². The molecule has 0 aromatic carbocycles. The van der Waals surface area contributed by atoms with Crippen molar-refractivity contribution in [3.63, 3.8) is 0 Å². The summed E-state index contributed by atoms with van der Waals surface area (Å²) in [6.07, 6.45) is 1.55. The molecule has 0 radical (unpaired) electrons. The summed E-state index contributed by atoms with van der Waals surface area (Å²) in [6, 6.07) is 3.68. The Labute approximate surface area is 91.3 Å². The first kappa shape index (κ1) is 9.77. The Morgan fingerprint density at radius 2 is 2.36 bits per heavy atom. The lowest BCUT2D eigenvalue weighted by Gasteiger charge is -2.06. The molecule has 1 unspecified atom stereocenters. The number of furan rings is 1. The zero-order valence-corrected chi connectivity index (χ0v) is 9.23. The largest absolute Gasteiger partial charge is 0.453 e. The van der Waals surface area contributed by atoms with Crippen LogP contribution in [-0.4, -0.2) is 0 Å². The summed E-state index contributed by atoms with van der Waals surface area (Å²) in [5.41, 5.74) is 7.95. The van der Waals surface area contributed by atoms with Gasteiger partial charge in [-0.25, -0.2) is 0 Å². The monoisotopic (exact) mass is 227 g/mol. The van der Waals surface area contributed by atoms with Gasteiger partial charge >= 0.3 is 0 Å². The van der Waals surface area contributed by atoms with Crippen LogP contribution in [0.25, 0.3) is 0 Å². The van der Waals surface area contributed by atoms with Crippen molar-refractivity contribution in [1.29, 1.82) is 0 Å². The van der Waals surface area contributed by atoms with Gasteiger partial charge in [-0.05, 0) is 41.6 Å². The maximum Gasteiger partial charge on any atom is 0.198 e. The van der Waals surface area contributed by atoms with E-state index in [9.17, 15) is 0 Å². The molecule has 0 aliphatic carbocycles. The molecule has 0 aliphatic rings. The van der Waals surface area contributed by atoms with Gasteiger partial charge in [-0.1, -0.05) is 0 Å². The van der Waals surface area contributed by atoms with Crippen molar-refractivity contribution in [2.45, 2.75) is 13.0 Å². The Morgan fingerprint density at radius 1 is 1.57 bits per heavy atom. The van der Waals surface area contributed by atoms with Gasteiger partial charge in [-0.2, -0.15) is 0 Å². The Morgan fingerprint density at radius 3 is 2.86 bits per heavy atom. The quantitative estimate of drug-likeness (QED) is 0.855. The van der Waals surface area contributed by atoms with Crippen LogP contribution in [0.15, 0.2) is 28.2 Å². The van der Waals surface area contributed by atoms with Gasteiger partial charge in [0.25, 0.3) is 0 Å². The fourth-order valence-corrected chi connectivity index (χ4v) is 2.31. The Kier molecular flexibility index (Phi) is 2.63. The highest BCUT2D eigenvalue weighted by Crippen LogP contribution is 2.29. The number of rotatable bonds is 2. The fourth-order valence-electron chi connectivity index (χ4n) is 1.33. The summed E-state index contributed by atoms with van der Waals surface area (Å²) < 4.78 is 5.00. The van der Waals surface area contributed by atoms with Crippen LogP contribution in [0.1, 0.15) is 22.0 Å². The first-order valence-corrected chi connectivity index (χ1v) is 5.47. The minimum atomic E-state index is -0.189. The predicted octanol–water partition coefficient (Wildman–Crippen LogP) is 3.35. The van der Waals surface area contributed by atoms with E-state index < -0.39 is 0 Å². The maximum absolute atomic E-state index is 6.04. The van der Waals surface area contributed by atoms with Crippen molar-refractivity contribution >= 4 is 22.9 Å². The summed E-state index contributed by atoms with van der Waals surface area (Å²) in [5.74, 6) is 0. The number of hydrogen-bond donors (Lipinski definition) is 1. The lowest BCUT2D eigenvalue weighted by Crippen LogP contribution is -2.10. The van der Waals surface area contributed by atoms with Crippen LogP contribution < -0.4 is 5.73 Å². The van der Waals surface area contributed by atoms with Gasteiger partial charge in [0.2, 0.25) is 0 Å². The van der Waals surface area contributed by atoms with Crippen LogP contribution in [-0.2, 0) is 0 Å². The number of aryl methyl sites for hydroxylation is 1. The maximum atomic E-state index is 6.04. The summed E-state index contributed by atoms with van der Waals surface area (Å²) in [4.78, 5) is 1.25. The zero-order valence-electron chi connectivity index (χ0n) is 7.66. The summed E-state index contributed by atoms with van der Waals surface area (Å²) in [6.45, 7) is 2.05. The SMILES string of the molecule is Cc1cc(C(N)c2ccoc2Cl)cs1. The van der Waals surface area contributed by atoms with Crippen molar-refractivity contribution in [2.24, 2.45) is 5.73 Å². The number of hydrogen-bond acceptors (Lipinski definition) is 3. The molecular formula is C10H10ClNOS. The highest BCUT2D eigenvalue weighted by Gasteiger charge is 2.15. The van der Waals surface area contributed by atoms with Crippen molar-refractivity contribution in [3.05, 3.63) is 45.0 Å². The van der Waals surface area contributed by atoms with E-state index in [4.69, 9.17) is 21.8 Å². The molecule has 0 amide bonds. The standard InChI is InChI=1S/C10H10ClNOS/c1-6-4-7(5-14-6)9(12)8-2-3-13-10(8)11/h2-5,9H,12H2,1H3. The van der Waals surface area contributed by atoms with E-state index in [0.717, 1.165) is 11.1 Å². The third kappa shape index (κ3) is 1.71. The molecular weight excluding hydrogens is 218 g/mol. The fraction of sp³-hybridized carbons (Fsp3) is 0.200. The van der Waals surface area contributed by atoms with Gasteiger partial charge in [-0.15, -0.1) is 11.3 Å². The van der Waals surface area contributed by atoms with E-state index in [-0.39, 0.29) is 6.04 Å². The van der Waals surface area contributed by atoms with Crippen molar-refractivity contribution in [3.8, 4) is 0 Å². The number of thiophene rings is 1. The first-order valence-electron chi connectivity index (χ1n) is 4.22. The predicted molar refractivity (Wildman–Crippen MR) is 58.8 cm³/mol. The minimum Gasteiger partial charge on any atom is -0.453 e. The van der Waals surface area contributed by atoms with E-state index in [1.807, 2.05) is 5.38 Å². The molecule has 2 nitrogen and oxygen atoms in total. The molecule has 0 saturated carbocycles. The molecule has 0 fully saturated rings. The van der Waals surface area contributed by atoms with Gasteiger partial charge in [0.1, 0.15) is 0 Å². The third-order valence-corrected chi connectivity index (χ3v) is 3.28. The summed E-state index contributed by atoms with van der Waals surface area (Å²) >= 11 is 7.53. The number of nitrogens with two attached hydrogens (primary N) is 1. The molecule has 74 valence electrons. The molecule has 14 heavy (non-hydrogen) atoms. The molecule has 4 heteroatoms. The van der Waals surface area contributed by atoms with E-state index in [1.54, 1.807) is 23.7 Å². The summed E-state index contributed by atoms with van der Waals surface area (Å²) in [7, 11) is 0. The van der Waals surface area contributed by atoms with Gasteiger partial charge in [0.15, 0.2) is 5.22 Å². The van der Waals surface area contributed by atoms with Crippen molar-refractivity contribution < 1.29 is 4.42 Å². The topological polar surface area (TPSA) is 39.2 Å². The van der Waals surface area contributed by atoms with Gasteiger partial charge in [0.05, 0.1) is 12.3 Å². The zero-order chi connectivity index (χ0) is 10.1. The second-order valence-corrected chi connectivity index (χ2v) is 4.58. The summed E-state index contributed by atoms with van der Waals surface area (Å²) in [5, 5.41) is 2.42. The van der Waals surface area contributed by atoms with Crippen LogP contribution in [0, 0.1) is 6.92 Å². The third-order valence-electron chi connectivity index (χ3n) is 2.09. The van der Waals surface area contributed by atoms with Crippen molar-refractivity contribution in [2.75, 3.05) is 0 Å². The lowest BCUT2D eigenvalue weighted by atomic mass is 10.1. The Bertz CT molecular complexity index is 435. The van der Waals surface area contributed by atoms with Crippen LogP contribution in [0.2, 0.25) is 5.22 Å². The smallest absolute Gasteiger partial charge is 0.198 e. The van der Waals surface area contributed by atoms with Crippen LogP contribution in [0.5, 0.6) is 0 Å². The molecule has 2 rings (SSSR count). The molecule has 1 atom stereocenters. The second kappa shape index (κ2) is 3.77. The second-order valence-electron chi connectivity index (χ2n) is 3.12. The molecule has 0 bridgehead atoms. The van der Waals surface area contributed by atoms with Gasteiger partial charge in [-0.3, -0.25) is 0 Å². The highest BCUT2D eigenvalue weighted by atomic mass is 35.5. The van der Waals surface area contributed by atoms with E-state index in [0.29, 0.717) is 5.22 Å². The molecule has 0 saturated heterocycles. The normalized spacial score (nSPS) is 13.1. The average Bonchev–Trinajstić information content (AvgIpc) is 2.73. The van der Waals surface area contributed by atoms with Gasteiger partial charge in [0, 0.05) is 10.4 Å². The first-order chi connectivity index (χ1) is 6.68. The van der Waals surface area contributed by atoms with E-state index in [2.05, 4.69) is 13.0 Å². The minimum absolute atomic E-state index is 0.189. The van der Waals surface area contributed by atoms with Crippen LogP contribution in [0.4, 0.5) is 0 Å². The molecule has 2 aromatic rings. The Balaban J connectivity index is 2.33. The van der Waals surface area contributed by atoms with Crippen LogP contribution in [0.3, 0.4) is 0 Å². The van der Waals surface area contributed by atoms with Crippen LogP contribution >= 0.6 is 22.9 Å². The molecule has 2 N–H and O–H groups in total. The molecule has 2 heterocycles. The molecule has 0 aliphatic heterocycles. The molecule has 0 spiro atoms. The van der Waals surface area contributed by atoms with Crippen molar-refractivity contribution in [1.82, 2.24) is 0 Å². The number of halogens is 1. The van der Waals surface area contributed by atoms with E-state index in [1.165, 1.54) is 4.88 Å². The Hall–Kier alpha value is -0.770.